The highest BCUT2D eigenvalue weighted by molar-refractivity contribution is 5.82. The fourth-order valence-corrected chi connectivity index (χ4v) is 2.42. The molecule has 1 N–H and O–H groups in total. The smallest absolute Gasteiger partial charge is 0.292 e. The fraction of sp³-hybridized carbons (Fsp3) is 0.500. The molecule has 7 nitrogen and oxygen atoms in total. The minimum atomic E-state index is -0.424. The van der Waals surface area contributed by atoms with Gasteiger partial charge in [-0.1, -0.05) is 12.1 Å². The Labute approximate surface area is 123 Å². The number of hydrogen-bond donors (Lipinski definition) is 1. The van der Waals surface area contributed by atoms with E-state index in [-0.39, 0.29) is 18.1 Å². The monoisotopic (exact) mass is 292 g/mol. The lowest BCUT2D eigenvalue weighted by molar-refractivity contribution is -0.384. The molecular formula is C14H20N4O3. The average molecular weight is 292 g/mol. The molecule has 2 rings (SSSR count). The Morgan fingerprint density at radius 1 is 1.38 bits per heavy atom. The topological polar surface area (TPSA) is 78.7 Å². The van der Waals surface area contributed by atoms with Crippen LogP contribution in [0.2, 0.25) is 0 Å². The Hall–Kier alpha value is -2.15. The molecule has 7 heteroatoms. The van der Waals surface area contributed by atoms with Gasteiger partial charge in [0.25, 0.3) is 5.69 Å². The maximum absolute atomic E-state index is 12.3. The van der Waals surface area contributed by atoms with Crippen LogP contribution in [0.25, 0.3) is 0 Å². The summed E-state index contributed by atoms with van der Waals surface area (Å²) in [5, 5.41) is 14.3. The van der Waals surface area contributed by atoms with Gasteiger partial charge in [-0.2, -0.15) is 0 Å². The minimum Gasteiger partial charge on any atom is -0.360 e. The van der Waals surface area contributed by atoms with Crippen molar-refractivity contribution < 1.29 is 9.72 Å². The van der Waals surface area contributed by atoms with E-state index in [1.165, 1.54) is 6.07 Å². The molecule has 1 aromatic carbocycles. The largest absolute Gasteiger partial charge is 0.360 e. The lowest BCUT2D eigenvalue weighted by Gasteiger charge is -2.24. The summed E-state index contributed by atoms with van der Waals surface area (Å²) in [5.41, 5.74) is 0.481. The standard InChI is InChI=1S/C14H20N4O3/c1-16(12-5-2-3-6-13(12)18(20)21)11-14(19)17-9-4-7-15-8-10-17/h2-3,5-6,15H,4,7-11H2,1H3. The summed E-state index contributed by atoms with van der Waals surface area (Å²) in [6.07, 6.45) is 0.931. The quantitative estimate of drug-likeness (QED) is 0.657. The van der Waals surface area contributed by atoms with Crippen molar-refractivity contribution in [3.8, 4) is 0 Å². The van der Waals surface area contributed by atoms with Gasteiger partial charge in [-0.25, -0.2) is 0 Å². The Morgan fingerprint density at radius 2 is 2.14 bits per heavy atom. The number of nitrogens with zero attached hydrogens (tertiary/aromatic N) is 3. The molecule has 0 saturated carbocycles. The van der Waals surface area contributed by atoms with Crippen LogP contribution in [0, 0.1) is 10.1 Å². The third-order valence-electron chi connectivity index (χ3n) is 3.55. The third-order valence-corrected chi connectivity index (χ3v) is 3.55. The van der Waals surface area contributed by atoms with Gasteiger partial charge in [0.2, 0.25) is 5.91 Å². The van der Waals surface area contributed by atoms with Gasteiger partial charge in [-0.3, -0.25) is 14.9 Å². The number of para-hydroxylation sites is 2. The molecule has 0 spiro atoms. The average Bonchev–Trinajstić information content (AvgIpc) is 2.76. The third kappa shape index (κ3) is 3.91. The van der Waals surface area contributed by atoms with Crippen molar-refractivity contribution in [1.82, 2.24) is 10.2 Å². The van der Waals surface area contributed by atoms with Crippen LogP contribution < -0.4 is 10.2 Å². The van der Waals surface area contributed by atoms with Crippen LogP contribution in [0.4, 0.5) is 11.4 Å². The van der Waals surface area contributed by atoms with E-state index >= 15 is 0 Å². The second-order valence-electron chi connectivity index (χ2n) is 5.09. The zero-order chi connectivity index (χ0) is 15.2. The molecule has 21 heavy (non-hydrogen) atoms. The summed E-state index contributed by atoms with van der Waals surface area (Å²) in [6.45, 7) is 3.27. The molecule has 0 aromatic heterocycles. The van der Waals surface area contributed by atoms with Crippen LogP contribution in [0.3, 0.4) is 0 Å². The molecule has 1 saturated heterocycles. The Kier molecular flexibility index (Phi) is 5.10. The number of amides is 1. The van der Waals surface area contributed by atoms with Crippen molar-refractivity contribution >= 4 is 17.3 Å². The predicted octanol–water partition coefficient (Wildman–Crippen LogP) is 0.853. The van der Waals surface area contributed by atoms with E-state index in [1.807, 2.05) is 4.90 Å². The molecule has 0 bridgehead atoms. The number of nitro groups is 1. The summed E-state index contributed by atoms with van der Waals surface area (Å²) in [5.74, 6) is -0.000601. The molecule has 1 amide bonds. The molecule has 0 aliphatic carbocycles. The van der Waals surface area contributed by atoms with Crippen molar-refractivity contribution in [2.45, 2.75) is 6.42 Å². The van der Waals surface area contributed by atoms with Gasteiger partial charge in [0.1, 0.15) is 5.69 Å². The Morgan fingerprint density at radius 3 is 2.90 bits per heavy atom. The summed E-state index contributed by atoms with van der Waals surface area (Å²) in [6, 6.07) is 6.47. The lowest BCUT2D eigenvalue weighted by atomic mass is 10.2. The number of carbonyl (C=O) groups is 1. The lowest BCUT2D eigenvalue weighted by Crippen LogP contribution is -2.40. The molecule has 0 radical (unpaired) electrons. The normalized spacial score (nSPS) is 15.4. The number of carbonyl (C=O) groups excluding carboxylic acids is 1. The number of rotatable bonds is 4. The predicted molar refractivity (Wildman–Crippen MR) is 80.4 cm³/mol. The first-order valence-corrected chi connectivity index (χ1v) is 7.02. The molecule has 1 aliphatic rings. The van der Waals surface area contributed by atoms with E-state index in [9.17, 15) is 14.9 Å². The second-order valence-corrected chi connectivity index (χ2v) is 5.09. The number of benzene rings is 1. The molecule has 1 fully saturated rings. The van der Waals surface area contributed by atoms with Crippen LogP contribution in [-0.2, 0) is 4.79 Å². The molecule has 0 unspecified atom stereocenters. The van der Waals surface area contributed by atoms with Gasteiger partial charge in [-0.05, 0) is 19.0 Å². The van der Waals surface area contributed by atoms with Crippen LogP contribution in [0.5, 0.6) is 0 Å². The SMILES string of the molecule is CN(CC(=O)N1CCCNCC1)c1ccccc1[N+](=O)[O-]. The van der Waals surface area contributed by atoms with Crippen molar-refractivity contribution in [3.05, 3.63) is 34.4 Å². The first-order chi connectivity index (χ1) is 10.1. The van der Waals surface area contributed by atoms with Crippen molar-refractivity contribution in [3.63, 3.8) is 0 Å². The zero-order valence-electron chi connectivity index (χ0n) is 12.1. The van der Waals surface area contributed by atoms with Crippen molar-refractivity contribution in [1.29, 1.82) is 0 Å². The van der Waals surface area contributed by atoms with Gasteiger partial charge in [0.05, 0.1) is 11.5 Å². The van der Waals surface area contributed by atoms with Crippen LogP contribution in [0.1, 0.15) is 6.42 Å². The second kappa shape index (κ2) is 7.03. The summed E-state index contributed by atoms with van der Waals surface area (Å²) in [4.78, 5) is 26.4. The van der Waals surface area contributed by atoms with Crippen LogP contribution >= 0.6 is 0 Å². The summed E-state index contributed by atoms with van der Waals surface area (Å²) in [7, 11) is 1.70. The first-order valence-electron chi connectivity index (χ1n) is 7.02. The minimum absolute atomic E-state index is 0.000601. The molecular weight excluding hydrogens is 272 g/mol. The maximum Gasteiger partial charge on any atom is 0.292 e. The summed E-state index contributed by atoms with van der Waals surface area (Å²) >= 11 is 0. The molecule has 1 aromatic rings. The van der Waals surface area contributed by atoms with Gasteiger partial charge in [-0.15, -0.1) is 0 Å². The zero-order valence-corrected chi connectivity index (χ0v) is 12.1. The number of likely N-dealkylation sites (N-methyl/N-ethyl adjacent to an activating group) is 1. The number of nitro benzene ring substituents is 1. The number of nitrogens with one attached hydrogen (secondary N) is 1. The van der Waals surface area contributed by atoms with E-state index in [2.05, 4.69) is 5.32 Å². The number of hydrogen-bond acceptors (Lipinski definition) is 5. The first kappa shape index (κ1) is 15.2. The van der Waals surface area contributed by atoms with Crippen molar-refractivity contribution in [2.24, 2.45) is 0 Å². The molecule has 114 valence electrons. The highest BCUT2D eigenvalue weighted by Crippen LogP contribution is 2.26. The highest BCUT2D eigenvalue weighted by atomic mass is 16.6. The van der Waals surface area contributed by atoms with Gasteiger partial charge >= 0.3 is 0 Å². The molecule has 0 atom stereocenters. The van der Waals surface area contributed by atoms with Crippen LogP contribution in [-0.4, -0.2) is 55.5 Å². The van der Waals surface area contributed by atoms with E-state index in [1.54, 1.807) is 30.1 Å². The number of anilines is 1. The Balaban J connectivity index is 2.05. The summed E-state index contributed by atoms with van der Waals surface area (Å²) < 4.78 is 0. The van der Waals surface area contributed by atoms with E-state index in [4.69, 9.17) is 0 Å². The van der Waals surface area contributed by atoms with Gasteiger partial charge in [0.15, 0.2) is 0 Å². The maximum atomic E-state index is 12.3. The van der Waals surface area contributed by atoms with E-state index < -0.39 is 4.92 Å². The van der Waals surface area contributed by atoms with Crippen molar-refractivity contribution in [2.75, 3.05) is 44.7 Å². The van der Waals surface area contributed by atoms with Gasteiger partial charge in [0, 0.05) is 32.7 Å². The van der Waals surface area contributed by atoms with Gasteiger partial charge < -0.3 is 15.1 Å². The molecule has 1 aliphatic heterocycles. The van der Waals surface area contributed by atoms with Crippen LogP contribution in [0.15, 0.2) is 24.3 Å². The van der Waals surface area contributed by atoms with E-state index in [0.717, 1.165) is 26.1 Å². The highest BCUT2D eigenvalue weighted by Gasteiger charge is 2.21. The fourth-order valence-electron chi connectivity index (χ4n) is 2.42. The Bertz CT molecular complexity index is 513. The van der Waals surface area contributed by atoms with E-state index in [0.29, 0.717) is 12.2 Å². The molecule has 1 heterocycles.